The van der Waals surface area contributed by atoms with Crippen LogP contribution in [-0.4, -0.2) is 6.61 Å². The van der Waals surface area contributed by atoms with Crippen LogP contribution in [0.2, 0.25) is 0 Å². The van der Waals surface area contributed by atoms with Crippen molar-refractivity contribution in [1.29, 1.82) is 0 Å². The fourth-order valence-electron chi connectivity index (χ4n) is 2.10. The van der Waals surface area contributed by atoms with Crippen molar-refractivity contribution in [2.75, 3.05) is 6.61 Å². The zero-order valence-corrected chi connectivity index (χ0v) is 9.00. The summed E-state index contributed by atoms with van der Waals surface area (Å²) in [6, 6.07) is 4.37. The molecular weight excluding hydrogens is 174 g/mol. The SMILES string of the molecule is Cc1cc(C)c2c(c1)OCC(C)C2N. The van der Waals surface area contributed by atoms with Gasteiger partial charge in [-0.15, -0.1) is 0 Å². The van der Waals surface area contributed by atoms with Crippen LogP contribution in [0.3, 0.4) is 0 Å². The lowest BCUT2D eigenvalue weighted by molar-refractivity contribution is 0.206. The minimum atomic E-state index is 0.124. The van der Waals surface area contributed by atoms with Crippen molar-refractivity contribution in [3.8, 4) is 5.75 Å². The van der Waals surface area contributed by atoms with Gasteiger partial charge in [-0.05, 0) is 31.0 Å². The predicted octanol–water partition coefficient (Wildman–Crippen LogP) is 2.33. The number of hydrogen-bond donors (Lipinski definition) is 1. The van der Waals surface area contributed by atoms with E-state index in [2.05, 4.69) is 32.9 Å². The molecule has 1 aliphatic rings. The van der Waals surface area contributed by atoms with Crippen molar-refractivity contribution in [3.63, 3.8) is 0 Å². The summed E-state index contributed by atoms with van der Waals surface area (Å²) >= 11 is 0. The van der Waals surface area contributed by atoms with Crippen LogP contribution in [-0.2, 0) is 0 Å². The lowest BCUT2D eigenvalue weighted by atomic mass is 9.89. The number of aryl methyl sites for hydroxylation is 2. The molecule has 0 fully saturated rings. The van der Waals surface area contributed by atoms with Gasteiger partial charge in [0.05, 0.1) is 6.61 Å². The normalized spacial score (nSPS) is 25.4. The molecule has 0 amide bonds. The molecule has 1 heterocycles. The summed E-state index contributed by atoms with van der Waals surface area (Å²) in [5, 5.41) is 0. The molecule has 0 saturated heterocycles. The smallest absolute Gasteiger partial charge is 0.124 e. The summed E-state index contributed by atoms with van der Waals surface area (Å²) in [6.07, 6.45) is 0. The monoisotopic (exact) mass is 191 g/mol. The molecule has 0 aliphatic carbocycles. The largest absolute Gasteiger partial charge is 0.493 e. The van der Waals surface area contributed by atoms with Gasteiger partial charge in [0.2, 0.25) is 0 Å². The molecule has 0 radical (unpaired) electrons. The van der Waals surface area contributed by atoms with Gasteiger partial charge in [0.15, 0.2) is 0 Å². The summed E-state index contributed by atoms with van der Waals surface area (Å²) in [5.74, 6) is 1.39. The zero-order chi connectivity index (χ0) is 10.3. The molecule has 2 atom stereocenters. The van der Waals surface area contributed by atoms with Gasteiger partial charge in [-0.3, -0.25) is 0 Å². The maximum absolute atomic E-state index is 6.16. The lowest BCUT2D eigenvalue weighted by Gasteiger charge is -2.30. The Bertz CT molecular complexity index is 360. The van der Waals surface area contributed by atoms with Crippen LogP contribution < -0.4 is 10.5 Å². The van der Waals surface area contributed by atoms with Crippen molar-refractivity contribution >= 4 is 0 Å². The highest BCUT2D eigenvalue weighted by atomic mass is 16.5. The van der Waals surface area contributed by atoms with Crippen LogP contribution in [0, 0.1) is 19.8 Å². The van der Waals surface area contributed by atoms with Crippen molar-refractivity contribution < 1.29 is 4.74 Å². The first kappa shape index (κ1) is 9.53. The first-order chi connectivity index (χ1) is 6.59. The van der Waals surface area contributed by atoms with E-state index in [-0.39, 0.29) is 6.04 Å². The molecule has 76 valence electrons. The fourth-order valence-corrected chi connectivity index (χ4v) is 2.10. The number of benzene rings is 1. The third-order valence-electron chi connectivity index (χ3n) is 2.94. The highest BCUT2D eigenvalue weighted by molar-refractivity contribution is 5.46. The minimum absolute atomic E-state index is 0.124. The third kappa shape index (κ3) is 1.40. The van der Waals surface area contributed by atoms with E-state index in [0.29, 0.717) is 5.92 Å². The second-order valence-electron chi connectivity index (χ2n) is 4.31. The third-order valence-corrected chi connectivity index (χ3v) is 2.94. The molecule has 0 saturated carbocycles. The van der Waals surface area contributed by atoms with Crippen molar-refractivity contribution in [2.24, 2.45) is 11.7 Å². The lowest BCUT2D eigenvalue weighted by Crippen LogP contribution is -2.30. The van der Waals surface area contributed by atoms with Crippen molar-refractivity contribution in [1.82, 2.24) is 0 Å². The van der Waals surface area contributed by atoms with E-state index in [4.69, 9.17) is 10.5 Å². The van der Waals surface area contributed by atoms with Gasteiger partial charge in [-0.1, -0.05) is 13.0 Å². The Morgan fingerprint density at radius 3 is 2.79 bits per heavy atom. The van der Waals surface area contributed by atoms with Gasteiger partial charge < -0.3 is 10.5 Å². The van der Waals surface area contributed by atoms with Crippen LogP contribution in [0.4, 0.5) is 0 Å². The van der Waals surface area contributed by atoms with Crippen LogP contribution in [0.5, 0.6) is 5.75 Å². The standard InChI is InChI=1S/C12H17NO/c1-7-4-8(2)11-10(5-7)14-6-9(3)12(11)13/h4-5,9,12H,6,13H2,1-3H3. The second-order valence-corrected chi connectivity index (χ2v) is 4.31. The topological polar surface area (TPSA) is 35.2 Å². The van der Waals surface area contributed by atoms with Crippen LogP contribution >= 0.6 is 0 Å². The number of rotatable bonds is 0. The van der Waals surface area contributed by atoms with Gasteiger partial charge in [0.25, 0.3) is 0 Å². The average molecular weight is 191 g/mol. The highest BCUT2D eigenvalue weighted by Gasteiger charge is 2.26. The van der Waals surface area contributed by atoms with E-state index in [1.165, 1.54) is 16.7 Å². The molecule has 1 aliphatic heterocycles. The van der Waals surface area contributed by atoms with Crippen molar-refractivity contribution in [2.45, 2.75) is 26.8 Å². The maximum atomic E-state index is 6.16. The molecule has 2 N–H and O–H groups in total. The van der Waals surface area contributed by atoms with Crippen molar-refractivity contribution in [3.05, 3.63) is 28.8 Å². The number of ether oxygens (including phenoxy) is 1. The van der Waals surface area contributed by atoms with Gasteiger partial charge in [0, 0.05) is 17.5 Å². The first-order valence-corrected chi connectivity index (χ1v) is 5.09. The number of nitrogens with two attached hydrogens (primary N) is 1. The second kappa shape index (κ2) is 3.28. The summed E-state index contributed by atoms with van der Waals surface area (Å²) in [7, 11) is 0. The average Bonchev–Trinajstić information content (AvgIpc) is 2.10. The number of fused-ring (bicyclic) bond motifs is 1. The quantitative estimate of drug-likeness (QED) is 0.683. The first-order valence-electron chi connectivity index (χ1n) is 5.09. The Morgan fingerprint density at radius 1 is 1.36 bits per heavy atom. The van der Waals surface area contributed by atoms with E-state index in [1.807, 2.05) is 0 Å². The summed E-state index contributed by atoms with van der Waals surface area (Å²) in [6.45, 7) is 7.05. The molecule has 0 aromatic heterocycles. The summed E-state index contributed by atoms with van der Waals surface area (Å²) in [5.41, 5.74) is 9.84. The molecule has 1 aromatic carbocycles. The Balaban J connectivity index is 2.54. The highest BCUT2D eigenvalue weighted by Crippen LogP contribution is 2.36. The zero-order valence-electron chi connectivity index (χ0n) is 9.00. The summed E-state index contributed by atoms with van der Waals surface area (Å²) < 4.78 is 5.69. The molecule has 2 heteroatoms. The Morgan fingerprint density at radius 2 is 2.07 bits per heavy atom. The van der Waals surface area contributed by atoms with E-state index in [0.717, 1.165) is 12.4 Å². The van der Waals surface area contributed by atoms with Gasteiger partial charge in [-0.2, -0.15) is 0 Å². The van der Waals surface area contributed by atoms with Gasteiger partial charge >= 0.3 is 0 Å². The van der Waals surface area contributed by atoms with E-state index >= 15 is 0 Å². The Kier molecular flexibility index (Phi) is 2.23. The Labute approximate surface area is 85.1 Å². The molecule has 0 bridgehead atoms. The molecule has 2 nitrogen and oxygen atoms in total. The molecule has 2 rings (SSSR count). The van der Waals surface area contributed by atoms with Crippen LogP contribution in [0.15, 0.2) is 12.1 Å². The maximum Gasteiger partial charge on any atom is 0.124 e. The van der Waals surface area contributed by atoms with E-state index in [1.54, 1.807) is 0 Å². The molecule has 1 aromatic rings. The molecule has 2 unspecified atom stereocenters. The van der Waals surface area contributed by atoms with E-state index < -0.39 is 0 Å². The minimum Gasteiger partial charge on any atom is -0.493 e. The summed E-state index contributed by atoms with van der Waals surface area (Å²) in [4.78, 5) is 0. The Hall–Kier alpha value is -1.02. The van der Waals surface area contributed by atoms with E-state index in [9.17, 15) is 0 Å². The molecule has 0 spiro atoms. The van der Waals surface area contributed by atoms with Gasteiger partial charge in [-0.25, -0.2) is 0 Å². The van der Waals surface area contributed by atoms with Crippen LogP contribution in [0.25, 0.3) is 0 Å². The number of hydrogen-bond acceptors (Lipinski definition) is 2. The molecule has 14 heavy (non-hydrogen) atoms. The van der Waals surface area contributed by atoms with Crippen LogP contribution in [0.1, 0.15) is 29.7 Å². The van der Waals surface area contributed by atoms with Gasteiger partial charge in [0.1, 0.15) is 5.75 Å². The molecular formula is C12H17NO. The fraction of sp³-hybridized carbons (Fsp3) is 0.500. The predicted molar refractivity (Wildman–Crippen MR) is 57.5 cm³/mol.